The van der Waals surface area contributed by atoms with Crippen LogP contribution in [0.3, 0.4) is 0 Å². The van der Waals surface area contributed by atoms with E-state index in [0.717, 1.165) is 0 Å². The molecule has 14 heteroatoms. The predicted molar refractivity (Wildman–Crippen MR) is 120 cm³/mol. The van der Waals surface area contributed by atoms with E-state index in [1.807, 2.05) is 21.2 Å². The molecule has 2 nitrogen and oxygen atoms in total. The van der Waals surface area contributed by atoms with Crippen LogP contribution in [0.15, 0.2) is 0 Å². The van der Waals surface area contributed by atoms with Crippen molar-refractivity contribution in [2.45, 2.75) is 25.1 Å². The zero-order valence-electron chi connectivity index (χ0n) is 9.63. The Kier molecular flexibility index (Phi) is 10.6. The second-order valence-corrected chi connectivity index (χ2v) is 42.0. The zero-order valence-corrected chi connectivity index (χ0v) is 20.0. The van der Waals surface area contributed by atoms with Crippen LogP contribution in [0.2, 0.25) is 0 Å². The van der Waals surface area contributed by atoms with E-state index in [9.17, 15) is 4.39 Å². The number of aliphatic hydroxyl groups excluding tert-OH is 2. The van der Waals surface area contributed by atoms with Crippen LogP contribution >= 0.6 is 32.9 Å². The van der Waals surface area contributed by atoms with Crippen LogP contribution in [-0.4, -0.2) is 29.1 Å². The molecule has 0 aromatic rings. The highest BCUT2D eigenvalue weighted by Crippen LogP contribution is 2.27. The average Bonchev–Trinajstić information content (AvgIpc) is 2.57. The lowest BCUT2D eigenvalue weighted by atomic mass is 10.1. The molecule has 0 amide bonds. The molecule has 0 spiro atoms. The molecule has 0 unspecified atom stereocenters. The fourth-order valence-electron chi connectivity index (χ4n) is 1.31. The van der Waals surface area contributed by atoms with Crippen molar-refractivity contribution in [3.63, 3.8) is 0 Å². The third-order valence-electron chi connectivity index (χ3n) is 2.40. The van der Waals surface area contributed by atoms with E-state index in [4.69, 9.17) is 77.3 Å². The van der Waals surface area contributed by atoms with E-state index < -0.39 is 26.0 Å². The minimum absolute atomic E-state index is 0.0956. The molecule has 0 radical (unpaired) electrons. The zero-order chi connectivity index (χ0) is 16.4. The average molecular weight is 583 g/mol. The summed E-state index contributed by atoms with van der Waals surface area (Å²) in [5.74, 6) is -0.222. The second kappa shape index (κ2) is 9.12. The highest BCUT2D eigenvalue weighted by molar-refractivity contribution is 14.2. The minimum atomic E-state index is -2.07. The number of hydrogen-bond acceptors (Lipinski definition) is 8. The molecular weight excluding hydrogens is 571 g/mol. The van der Waals surface area contributed by atoms with Gasteiger partial charge in [0.15, 0.2) is 0 Å². The van der Waals surface area contributed by atoms with Crippen molar-refractivity contribution in [1.29, 1.82) is 0 Å². The van der Waals surface area contributed by atoms with E-state index in [-0.39, 0.29) is 12.5 Å². The van der Waals surface area contributed by atoms with Crippen molar-refractivity contribution in [3.05, 3.63) is 0 Å². The van der Waals surface area contributed by atoms with Crippen LogP contribution in [0.25, 0.3) is 0 Å². The van der Waals surface area contributed by atoms with Gasteiger partial charge < -0.3 is 10.2 Å². The topological polar surface area (TPSA) is 40.5 Å². The van der Waals surface area contributed by atoms with Crippen LogP contribution in [0, 0.1) is 5.92 Å². The van der Waals surface area contributed by atoms with Crippen LogP contribution in [0.5, 0.6) is 0 Å². The molecule has 1 aliphatic rings. The van der Waals surface area contributed by atoms with Crippen molar-refractivity contribution in [1.82, 2.24) is 0 Å². The molecule has 0 bridgehead atoms. The van der Waals surface area contributed by atoms with Crippen molar-refractivity contribution in [2.24, 2.45) is 5.92 Å². The number of halogens is 2. The van der Waals surface area contributed by atoms with Crippen molar-refractivity contribution in [3.8, 4) is 0 Å². The number of hydrogen-bond donors (Lipinski definition) is 3. The summed E-state index contributed by atoms with van der Waals surface area (Å²) in [5.41, 5.74) is 0. The van der Waals surface area contributed by atoms with Gasteiger partial charge in [-0.15, -0.1) is 0 Å². The van der Waals surface area contributed by atoms with Crippen LogP contribution in [-0.2, 0) is 80.9 Å². The summed E-state index contributed by atoms with van der Waals surface area (Å²) in [4.78, 5) is 0. The molecule has 1 fully saturated rings. The molecule has 0 heterocycles. The third-order valence-corrected chi connectivity index (χ3v) is 50.3. The smallest absolute Gasteiger partial charge is 0.126 e. The Hall–Kier alpha value is 3.30. The normalized spacial score (nSPS) is 27.8. The lowest BCUT2D eigenvalue weighted by Gasteiger charge is -2.12. The molecular formula is C6H12FIO2S10. The van der Waals surface area contributed by atoms with Crippen LogP contribution in [0.1, 0.15) is 12.8 Å². The van der Waals surface area contributed by atoms with E-state index >= 15 is 0 Å². The molecule has 1 rings (SSSR count). The van der Waals surface area contributed by atoms with E-state index in [2.05, 4.69) is 11.7 Å². The van der Waals surface area contributed by atoms with Crippen molar-refractivity contribution in [2.75, 3.05) is 6.61 Å². The largest absolute Gasteiger partial charge is 0.396 e. The van der Waals surface area contributed by atoms with Gasteiger partial charge in [0.2, 0.25) is 0 Å². The number of aliphatic hydroxyl groups is 2. The maximum absolute atomic E-state index is 12.4. The molecule has 1 aliphatic carbocycles. The number of rotatable bonds is 3. The minimum Gasteiger partial charge on any atom is -0.396 e. The number of alkyl halides is 1. The Labute approximate surface area is 163 Å². The third kappa shape index (κ3) is 6.66. The Morgan fingerprint density at radius 1 is 1.15 bits per heavy atom. The van der Waals surface area contributed by atoms with Crippen molar-refractivity contribution < 1.29 is 14.6 Å². The van der Waals surface area contributed by atoms with Gasteiger partial charge in [-0.05, 0) is 80.0 Å². The molecule has 0 saturated heterocycles. The number of thiol groups is 1. The van der Waals surface area contributed by atoms with Gasteiger partial charge in [-0.1, -0.05) is 11.7 Å². The van der Waals surface area contributed by atoms with Crippen LogP contribution < -0.4 is 0 Å². The summed E-state index contributed by atoms with van der Waals surface area (Å²) in [5, 5.41) is 13.3. The van der Waals surface area contributed by atoms with Gasteiger partial charge in [0.25, 0.3) is 0 Å². The van der Waals surface area contributed by atoms with Gasteiger partial charge in [-0.2, -0.15) is 0 Å². The lowest BCUT2D eigenvalue weighted by molar-refractivity contribution is 0.0456. The molecule has 122 valence electrons. The molecule has 0 aliphatic heterocycles. The highest BCUT2D eigenvalue weighted by atomic mass is 127. The molecule has 0 aromatic carbocycles. The Balaban J connectivity index is 0.000000367. The summed E-state index contributed by atoms with van der Waals surface area (Å²) >= 11 is 36.1. The van der Waals surface area contributed by atoms with E-state index in [0.29, 0.717) is 12.8 Å². The summed E-state index contributed by atoms with van der Waals surface area (Å²) in [7, 11) is 0. The van der Waals surface area contributed by atoms with Crippen LogP contribution in [0.4, 0.5) is 4.39 Å². The first-order valence-electron chi connectivity index (χ1n) is 4.85. The first kappa shape index (κ1) is 23.3. The molecule has 1 saturated carbocycles. The van der Waals surface area contributed by atoms with E-state index in [1.165, 1.54) is 0 Å². The Morgan fingerprint density at radius 3 is 1.70 bits per heavy atom. The summed E-state index contributed by atoms with van der Waals surface area (Å²) in [6.07, 6.45) is -1.03. The summed E-state index contributed by atoms with van der Waals surface area (Å²) in [6.45, 7) is -0.0956. The highest BCUT2D eigenvalue weighted by Gasteiger charge is 2.33. The van der Waals surface area contributed by atoms with Gasteiger partial charge >= 0.3 is 0 Å². The second-order valence-electron chi connectivity index (χ2n) is 3.76. The fourth-order valence-corrected chi connectivity index (χ4v) is 35.9. The first-order chi connectivity index (χ1) is 8.75. The maximum Gasteiger partial charge on any atom is 0.126 e. The predicted octanol–water partition coefficient (Wildman–Crippen LogP) is 1.33. The van der Waals surface area contributed by atoms with Gasteiger partial charge in [-0.3, -0.25) is 0 Å². The standard InChI is InChI=1S/C6H11FO2.HIS10/c7-5-2-1-4(3-8)6(5)9;1-9(2,3)11(7,8)10(4,5)6/h4-6,8-9H,1-3H2;(H,4,5,6)/t4-,5-,6-;/m1./s1. The quantitative estimate of drug-likeness (QED) is 0.200. The molecule has 2 N–H and O–H groups in total. The van der Waals surface area contributed by atoms with Gasteiger partial charge in [0.05, 0.1) is 6.10 Å². The first-order valence-corrected chi connectivity index (χ1v) is 19.9. The summed E-state index contributed by atoms with van der Waals surface area (Å²) in [6, 6.07) is 0. The van der Waals surface area contributed by atoms with Gasteiger partial charge in [0, 0.05) is 47.5 Å². The van der Waals surface area contributed by atoms with Gasteiger partial charge in [-0.25, -0.2) is 4.39 Å². The lowest BCUT2D eigenvalue weighted by Crippen LogP contribution is -2.23. The Morgan fingerprint density at radius 2 is 1.60 bits per heavy atom. The molecule has 3 atom stereocenters. The molecule has 0 aromatic heterocycles. The molecule has 20 heavy (non-hydrogen) atoms. The Bertz CT molecular complexity index is 585. The SMILES string of the molecule is OC[C@H]1CC[C@@H](F)[C@@H]1O.S=S(=S)(S)S(=S)(=S)S(=S)(=S)I. The monoisotopic (exact) mass is 582 g/mol. The van der Waals surface area contributed by atoms with E-state index in [1.54, 1.807) is 0 Å². The summed E-state index contributed by atoms with van der Waals surface area (Å²) < 4.78 is 10.5. The van der Waals surface area contributed by atoms with Crippen molar-refractivity contribution >= 4 is 114 Å². The van der Waals surface area contributed by atoms with Gasteiger partial charge in [0.1, 0.15) is 6.17 Å². The fraction of sp³-hybridized carbons (Fsp3) is 1.00. The maximum atomic E-state index is 12.4.